The topological polar surface area (TPSA) is 252 Å². The van der Waals surface area contributed by atoms with E-state index in [1.165, 1.54) is 6.92 Å². The summed E-state index contributed by atoms with van der Waals surface area (Å²) in [4.78, 5) is 87.4. The highest BCUT2D eigenvalue weighted by Gasteiger charge is 2.39. The third-order valence-electron chi connectivity index (χ3n) is 12.7. The lowest BCUT2D eigenvalue weighted by atomic mass is 9.84. The number of piperidine rings is 1. The summed E-state index contributed by atoms with van der Waals surface area (Å²) in [5, 5.41) is 35.5. The summed E-state index contributed by atoms with van der Waals surface area (Å²) in [5.41, 5.74) is 7.01. The van der Waals surface area contributed by atoms with Gasteiger partial charge in [0.1, 0.15) is 16.7 Å². The molecular formula is C48H73N9O9S. The van der Waals surface area contributed by atoms with E-state index < -0.39 is 53.5 Å². The number of carbonyl (C=O) groups excluding carboxylic acids is 4. The third-order valence-corrected chi connectivity index (χ3v) is 13.6. The zero-order valence-electron chi connectivity index (χ0n) is 40.5. The Bertz CT molecular complexity index is 2110. The van der Waals surface area contributed by atoms with Gasteiger partial charge in [0.05, 0.1) is 17.2 Å². The maximum atomic E-state index is 15.1. The highest BCUT2D eigenvalue weighted by molar-refractivity contribution is 7.09. The Morgan fingerprint density at radius 3 is 2.37 bits per heavy atom. The average Bonchev–Trinajstić information content (AvgIpc) is 3.95. The Balaban J connectivity index is 1.62. The smallest absolute Gasteiger partial charge is 0.309 e. The van der Waals surface area contributed by atoms with Crippen LogP contribution in [0.4, 0.5) is 5.69 Å². The van der Waals surface area contributed by atoms with Crippen LogP contribution in [0, 0.1) is 17.3 Å². The van der Waals surface area contributed by atoms with Crippen molar-refractivity contribution in [3.8, 4) is 0 Å². The van der Waals surface area contributed by atoms with Crippen molar-refractivity contribution in [3.63, 3.8) is 0 Å². The molecule has 5 unspecified atom stereocenters. The number of hydrogen-bond donors (Lipinski definition) is 5. The molecule has 0 spiro atoms. The number of nitrogens with two attached hydrogens (primary N) is 1. The monoisotopic (exact) mass is 952 g/mol. The average molecular weight is 952 g/mol. The molecule has 3 heterocycles. The fourth-order valence-electron chi connectivity index (χ4n) is 8.49. The van der Waals surface area contributed by atoms with Crippen molar-refractivity contribution in [2.24, 2.45) is 17.3 Å². The molecule has 6 N–H and O–H groups in total. The fraction of sp³-hybridized carbons (Fsp3) is 0.646. The summed E-state index contributed by atoms with van der Waals surface area (Å²) >= 11 is 1.15. The van der Waals surface area contributed by atoms with Crippen molar-refractivity contribution in [3.05, 3.63) is 57.8 Å². The second-order valence-electron chi connectivity index (χ2n) is 19.0. The van der Waals surface area contributed by atoms with Gasteiger partial charge in [-0.1, -0.05) is 57.9 Å². The van der Waals surface area contributed by atoms with Crippen molar-refractivity contribution in [1.29, 1.82) is 0 Å². The molecule has 1 aliphatic heterocycles. The van der Waals surface area contributed by atoms with Gasteiger partial charge in [0, 0.05) is 62.2 Å². The Morgan fingerprint density at radius 1 is 1.03 bits per heavy atom. The number of carboxylic acid groups (broad SMARTS) is 2. The number of aryl methyl sites for hydroxylation is 2. The first-order valence-corrected chi connectivity index (χ1v) is 24.5. The summed E-state index contributed by atoms with van der Waals surface area (Å²) in [6.07, 6.45) is 7.02. The van der Waals surface area contributed by atoms with Gasteiger partial charge in [-0.05, 0) is 108 Å². The Kier molecular flexibility index (Phi) is 20.7. The lowest BCUT2D eigenvalue weighted by Crippen LogP contribution is -2.59. The van der Waals surface area contributed by atoms with Gasteiger partial charge in [-0.25, -0.2) is 4.98 Å². The SMILES string of the molecule is CCC(C)C(NC(=O)[C@H]1CCCCN1C)C(=O)N(CCCCc1cn(CCCC(=O)O)nn1)C(CC(OC(C)=O)c1nc(C(=O)NC(Cc2ccc(N)cc2)CC(C)(C)C(=O)O)cs1)C(C)C. The second-order valence-corrected chi connectivity index (χ2v) is 19.9. The zero-order chi connectivity index (χ0) is 49.4. The zero-order valence-corrected chi connectivity index (χ0v) is 41.3. The van der Waals surface area contributed by atoms with Crippen LogP contribution in [0.15, 0.2) is 35.8 Å². The van der Waals surface area contributed by atoms with E-state index in [4.69, 9.17) is 15.6 Å². The van der Waals surface area contributed by atoms with Crippen LogP contribution in [-0.2, 0) is 48.1 Å². The van der Waals surface area contributed by atoms with Crippen LogP contribution < -0.4 is 16.4 Å². The van der Waals surface area contributed by atoms with Crippen molar-refractivity contribution >= 4 is 52.7 Å². The Hall–Kier alpha value is -5.43. The number of amides is 3. The number of likely N-dealkylation sites (tertiary alicyclic amines) is 1. The predicted octanol–water partition coefficient (Wildman–Crippen LogP) is 5.91. The van der Waals surface area contributed by atoms with Gasteiger partial charge in [-0.15, -0.1) is 16.4 Å². The van der Waals surface area contributed by atoms with E-state index in [-0.39, 0.29) is 54.6 Å². The van der Waals surface area contributed by atoms with E-state index in [1.807, 2.05) is 62.9 Å². The lowest BCUT2D eigenvalue weighted by molar-refractivity contribution is -0.150. The molecule has 1 fully saturated rings. The number of carbonyl (C=O) groups is 6. The van der Waals surface area contributed by atoms with Gasteiger partial charge >= 0.3 is 17.9 Å². The molecule has 1 aromatic carbocycles. The number of esters is 1. The van der Waals surface area contributed by atoms with Gasteiger partial charge in [0.15, 0.2) is 6.10 Å². The number of thiazole rings is 1. The van der Waals surface area contributed by atoms with E-state index in [9.17, 15) is 29.1 Å². The van der Waals surface area contributed by atoms with E-state index in [1.54, 1.807) is 36.0 Å². The maximum Gasteiger partial charge on any atom is 0.309 e. The van der Waals surface area contributed by atoms with Crippen molar-refractivity contribution in [2.45, 2.75) is 162 Å². The number of nitrogens with zero attached hydrogens (tertiary/aromatic N) is 6. The molecule has 0 saturated carbocycles. The number of aliphatic carboxylic acids is 2. The standard InChI is InChI=1S/C48H73N9O9S/c1-9-31(4)42(52-44(62)38-16-11-12-22-55(38)8)46(63)57(24-13-10-15-35-28-56(54-53-35)23-14-17-41(59)60)39(30(2)3)26-40(66-32(5)58)45-51-37(29-67-45)43(61)50-36(27-48(6,7)47(64)65)25-33-18-20-34(49)21-19-33/h18-21,28-31,36,38-40,42H,9-17,22-27,49H2,1-8H3,(H,50,61)(H,52,62)(H,59,60)(H,64,65)/t31?,36?,38-,39?,40?,42?/m1/s1. The minimum atomic E-state index is -1.15. The molecule has 1 aliphatic rings. The van der Waals surface area contributed by atoms with Crippen LogP contribution in [0.1, 0.15) is 146 Å². The number of carboxylic acids is 2. The summed E-state index contributed by atoms with van der Waals surface area (Å²) < 4.78 is 7.59. The molecule has 1 saturated heterocycles. The number of unbranched alkanes of at least 4 members (excludes halogenated alkanes) is 1. The fourth-order valence-corrected chi connectivity index (χ4v) is 9.33. The van der Waals surface area contributed by atoms with Crippen molar-refractivity contribution in [1.82, 2.24) is 40.4 Å². The maximum absolute atomic E-state index is 15.1. The lowest BCUT2D eigenvalue weighted by Gasteiger charge is -2.40. The molecule has 19 heteroatoms. The number of hydrogen-bond acceptors (Lipinski definition) is 13. The highest BCUT2D eigenvalue weighted by atomic mass is 32.1. The molecule has 3 amide bonds. The summed E-state index contributed by atoms with van der Waals surface area (Å²) in [6, 6.07) is 4.92. The molecule has 0 aliphatic carbocycles. The van der Waals surface area contributed by atoms with Crippen LogP contribution in [0.5, 0.6) is 0 Å². The Labute approximate surface area is 398 Å². The van der Waals surface area contributed by atoms with E-state index in [2.05, 4.69) is 25.9 Å². The van der Waals surface area contributed by atoms with Crippen LogP contribution in [0.3, 0.4) is 0 Å². The molecule has 2 aromatic heterocycles. The first kappa shape index (κ1) is 54.2. The molecule has 370 valence electrons. The van der Waals surface area contributed by atoms with E-state index in [0.29, 0.717) is 68.7 Å². The molecule has 4 rings (SSSR count). The van der Waals surface area contributed by atoms with E-state index in [0.717, 1.165) is 42.0 Å². The molecule has 6 atom stereocenters. The van der Waals surface area contributed by atoms with E-state index >= 15 is 4.79 Å². The normalized spacial score (nSPS) is 16.6. The third kappa shape index (κ3) is 16.7. The number of anilines is 1. The minimum absolute atomic E-state index is 0.0318. The number of aromatic nitrogens is 4. The molecule has 18 nitrogen and oxygen atoms in total. The first-order chi connectivity index (χ1) is 31.7. The van der Waals surface area contributed by atoms with Gasteiger partial charge in [-0.2, -0.15) is 0 Å². The van der Waals surface area contributed by atoms with Crippen LogP contribution in [-0.4, -0.2) is 120 Å². The number of ether oxygens (including phenoxy) is 1. The van der Waals surface area contributed by atoms with Crippen LogP contribution in [0.25, 0.3) is 0 Å². The minimum Gasteiger partial charge on any atom is -0.481 e. The molecule has 0 radical (unpaired) electrons. The molecule has 3 aromatic rings. The number of nitrogens with one attached hydrogen (secondary N) is 2. The number of nitrogen functional groups attached to an aromatic ring is 1. The quantitative estimate of drug-likeness (QED) is 0.0339. The summed E-state index contributed by atoms with van der Waals surface area (Å²) in [6.45, 7) is 14.0. The first-order valence-electron chi connectivity index (χ1n) is 23.6. The number of benzene rings is 1. The highest BCUT2D eigenvalue weighted by Crippen LogP contribution is 2.32. The Morgan fingerprint density at radius 2 is 1.75 bits per heavy atom. The summed E-state index contributed by atoms with van der Waals surface area (Å²) in [5.74, 6) is -3.72. The molecule has 67 heavy (non-hydrogen) atoms. The number of rotatable bonds is 27. The van der Waals surface area contributed by atoms with Gasteiger partial charge in [0.25, 0.3) is 5.91 Å². The summed E-state index contributed by atoms with van der Waals surface area (Å²) in [7, 11) is 1.93. The second kappa shape index (κ2) is 25.6. The predicted molar refractivity (Wildman–Crippen MR) is 255 cm³/mol. The largest absolute Gasteiger partial charge is 0.481 e. The molecule has 0 bridgehead atoms. The van der Waals surface area contributed by atoms with Gasteiger partial charge in [0.2, 0.25) is 11.8 Å². The van der Waals surface area contributed by atoms with Crippen LogP contribution >= 0.6 is 11.3 Å². The molecular weight excluding hydrogens is 879 g/mol. The van der Waals surface area contributed by atoms with Crippen LogP contribution in [0.2, 0.25) is 0 Å². The number of likely N-dealkylation sites (N-methyl/N-ethyl adjacent to an activating group) is 1. The van der Waals surface area contributed by atoms with Gasteiger partial charge < -0.3 is 36.2 Å². The van der Waals surface area contributed by atoms with Crippen molar-refractivity contribution < 1.29 is 43.7 Å². The van der Waals surface area contributed by atoms with Crippen molar-refractivity contribution in [2.75, 3.05) is 25.9 Å². The van der Waals surface area contributed by atoms with Gasteiger partial charge in [-0.3, -0.25) is 38.3 Å².